The van der Waals surface area contributed by atoms with Gasteiger partial charge < -0.3 is 15.8 Å². The van der Waals surface area contributed by atoms with Gasteiger partial charge in [0.25, 0.3) is 0 Å². The Hall–Kier alpha value is -2.70. The second-order valence-electron chi connectivity index (χ2n) is 6.65. The number of nitrogens with two attached hydrogens (primary N) is 1. The summed E-state index contributed by atoms with van der Waals surface area (Å²) in [6.07, 6.45) is 5.43. The number of hydrogen-bond donors (Lipinski definition) is 2. The number of anilines is 2. The van der Waals surface area contributed by atoms with Crippen LogP contribution in [0.5, 0.6) is 0 Å². The van der Waals surface area contributed by atoms with Gasteiger partial charge in [-0.05, 0) is 55.2 Å². The van der Waals surface area contributed by atoms with E-state index in [-0.39, 0.29) is 5.82 Å². The number of rotatable bonds is 4. The second kappa shape index (κ2) is 10.7. The first-order valence-electron chi connectivity index (χ1n) is 9.56. The van der Waals surface area contributed by atoms with Gasteiger partial charge in [-0.1, -0.05) is 29.8 Å². The monoisotopic (exact) mass is 414 g/mol. The molecule has 0 aliphatic carbocycles. The van der Waals surface area contributed by atoms with Gasteiger partial charge in [0.2, 0.25) is 0 Å². The Morgan fingerprint density at radius 3 is 2.55 bits per heavy atom. The zero-order chi connectivity index (χ0) is 20.5. The van der Waals surface area contributed by atoms with Crippen molar-refractivity contribution in [2.24, 2.45) is 0 Å². The van der Waals surface area contributed by atoms with Crippen LogP contribution in [0.4, 0.5) is 16.0 Å². The summed E-state index contributed by atoms with van der Waals surface area (Å²) in [6, 6.07) is 13.6. The molecular weight excluding hydrogens is 391 g/mol. The highest BCUT2D eigenvalue weighted by atomic mass is 35.5. The van der Waals surface area contributed by atoms with Crippen molar-refractivity contribution in [3.8, 4) is 11.3 Å². The molecule has 1 saturated heterocycles. The van der Waals surface area contributed by atoms with Crippen molar-refractivity contribution < 1.29 is 9.13 Å². The Labute approximate surface area is 175 Å². The molecule has 3 aromatic rings. The molecule has 0 bridgehead atoms. The topological polar surface area (TPSA) is 73.1 Å². The molecule has 7 heteroatoms. The Bertz CT molecular complexity index is 923. The van der Waals surface area contributed by atoms with E-state index in [0.29, 0.717) is 34.5 Å². The van der Waals surface area contributed by atoms with E-state index in [2.05, 4.69) is 15.3 Å². The molecule has 1 fully saturated rings. The highest BCUT2D eigenvalue weighted by Crippen LogP contribution is 2.27. The fourth-order valence-corrected chi connectivity index (χ4v) is 3.06. The van der Waals surface area contributed by atoms with E-state index in [1.807, 2.05) is 24.3 Å². The molecule has 0 radical (unpaired) electrons. The molecule has 3 N–H and O–H groups in total. The number of hydrogen-bond acceptors (Lipinski definition) is 5. The van der Waals surface area contributed by atoms with Gasteiger partial charge >= 0.3 is 0 Å². The third-order valence-electron chi connectivity index (χ3n) is 4.34. The molecular formula is C22H24ClFN4O. The van der Waals surface area contributed by atoms with Crippen molar-refractivity contribution in [1.29, 1.82) is 0 Å². The molecule has 1 aliphatic rings. The van der Waals surface area contributed by atoms with Gasteiger partial charge in [0, 0.05) is 31.5 Å². The molecule has 2 aromatic heterocycles. The van der Waals surface area contributed by atoms with Crippen LogP contribution in [0.3, 0.4) is 0 Å². The quantitative estimate of drug-likeness (QED) is 0.604. The van der Waals surface area contributed by atoms with Crippen LogP contribution in [0.2, 0.25) is 5.02 Å². The van der Waals surface area contributed by atoms with Crippen molar-refractivity contribution in [2.45, 2.75) is 25.8 Å². The van der Waals surface area contributed by atoms with Crippen molar-refractivity contribution in [3.63, 3.8) is 0 Å². The molecule has 0 unspecified atom stereocenters. The van der Waals surface area contributed by atoms with Crippen molar-refractivity contribution >= 4 is 23.2 Å². The van der Waals surface area contributed by atoms with Crippen LogP contribution in [0.1, 0.15) is 24.8 Å². The van der Waals surface area contributed by atoms with Crippen molar-refractivity contribution in [3.05, 3.63) is 71.1 Å². The van der Waals surface area contributed by atoms with Crippen LogP contribution < -0.4 is 11.1 Å². The normalized spacial score (nSPS) is 13.3. The van der Waals surface area contributed by atoms with Gasteiger partial charge in [-0.2, -0.15) is 0 Å². The fraction of sp³-hybridized carbons (Fsp3) is 0.273. The molecule has 0 spiro atoms. The summed E-state index contributed by atoms with van der Waals surface area (Å²) in [6.45, 7) is 2.47. The van der Waals surface area contributed by atoms with Gasteiger partial charge in [0.1, 0.15) is 17.5 Å². The lowest BCUT2D eigenvalue weighted by molar-refractivity contribution is 0.0968. The average Bonchev–Trinajstić information content (AvgIpc) is 2.76. The van der Waals surface area contributed by atoms with Crippen LogP contribution in [0, 0.1) is 5.82 Å². The fourth-order valence-electron chi connectivity index (χ4n) is 2.86. The molecule has 152 valence electrons. The van der Waals surface area contributed by atoms with Gasteiger partial charge in [-0.15, -0.1) is 0 Å². The second-order valence-corrected chi connectivity index (χ2v) is 7.06. The maximum absolute atomic E-state index is 13.2. The summed E-state index contributed by atoms with van der Waals surface area (Å²) < 4.78 is 18.3. The Morgan fingerprint density at radius 1 is 1.07 bits per heavy atom. The number of aromatic nitrogens is 2. The molecule has 0 atom stereocenters. The largest absolute Gasteiger partial charge is 0.384 e. The molecule has 1 aromatic carbocycles. The van der Waals surface area contributed by atoms with Gasteiger partial charge in [0.15, 0.2) is 0 Å². The number of nitrogens with zero attached hydrogens (tertiary/aromatic N) is 2. The minimum atomic E-state index is -0.259. The molecule has 29 heavy (non-hydrogen) atoms. The number of nitrogens with one attached hydrogen (secondary N) is 1. The Balaban J connectivity index is 0.000000343. The third-order valence-corrected chi connectivity index (χ3v) is 4.64. The average molecular weight is 415 g/mol. The lowest BCUT2D eigenvalue weighted by Crippen LogP contribution is -2.03. The Kier molecular flexibility index (Phi) is 7.78. The molecule has 5 nitrogen and oxygen atoms in total. The molecule has 3 heterocycles. The summed E-state index contributed by atoms with van der Waals surface area (Å²) in [5, 5.41) is 3.65. The highest BCUT2D eigenvalue weighted by Gasteiger charge is 2.07. The lowest BCUT2D eigenvalue weighted by Gasteiger charge is -2.09. The number of halogens is 2. The zero-order valence-corrected chi connectivity index (χ0v) is 16.8. The third kappa shape index (κ3) is 6.69. The summed E-state index contributed by atoms with van der Waals surface area (Å²) in [7, 11) is 0. The standard InChI is InChI=1S/C17H14ClFN4.C5H10O/c18-14-10-21-16(20)8-13(14)15-5-2-6-17(23-15)22-9-11-3-1-4-12(19)7-11;1-2-4-6-5-3-1/h1-8,10H,9H2,(H2,20,21)(H,22,23);1-5H2. The van der Waals surface area contributed by atoms with E-state index >= 15 is 0 Å². The van der Waals surface area contributed by atoms with Gasteiger partial charge in [0.05, 0.1) is 10.7 Å². The van der Waals surface area contributed by atoms with E-state index in [0.717, 1.165) is 18.8 Å². The summed E-state index contributed by atoms with van der Waals surface area (Å²) in [5.41, 5.74) is 7.94. The minimum Gasteiger partial charge on any atom is -0.384 e. The molecule has 4 rings (SSSR count). The van der Waals surface area contributed by atoms with Crippen LogP contribution in [-0.2, 0) is 11.3 Å². The van der Waals surface area contributed by atoms with Gasteiger partial charge in [-0.25, -0.2) is 14.4 Å². The van der Waals surface area contributed by atoms with E-state index in [1.165, 1.54) is 37.6 Å². The van der Waals surface area contributed by atoms with Crippen LogP contribution in [0.15, 0.2) is 54.7 Å². The van der Waals surface area contributed by atoms with E-state index in [4.69, 9.17) is 22.1 Å². The van der Waals surface area contributed by atoms with Crippen molar-refractivity contribution in [1.82, 2.24) is 9.97 Å². The van der Waals surface area contributed by atoms with E-state index in [1.54, 1.807) is 12.1 Å². The smallest absolute Gasteiger partial charge is 0.126 e. The summed E-state index contributed by atoms with van der Waals surface area (Å²) in [4.78, 5) is 8.45. The number of ether oxygens (including phenoxy) is 1. The predicted octanol–water partition coefficient (Wildman–Crippen LogP) is 5.32. The molecule has 0 amide bonds. The SMILES string of the molecule is C1CCOCC1.Nc1cc(-c2cccc(NCc3cccc(F)c3)n2)c(Cl)cn1. The maximum atomic E-state index is 13.2. The number of nitrogen functional groups attached to an aromatic ring is 1. The predicted molar refractivity (Wildman–Crippen MR) is 115 cm³/mol. The minimum absolute atomic E-state index is 0.259. The van der Waals surface area contributed by atoms with Crippen LogP contribution >= 0.6 is 11.6 Å². The number of benzene rings is 1. The lowest BCUT2D eigenvalue weighted by atomic mass is 10.1. The molecule has 0 saturated carbocycles. The van der Waals surface area contributed by atoms with Crippen LogP contribution in [-0.4, -0.2) is 23.2 Å². The van der Waals surface area contributed by atoms with Crippen molar-refractivity contribution in [2.75, 3.05) is 24.3 Å². The Morgan fingerprint density at radius 2 is 1.86 bits per heavy atom. The first kappa shape index (κ1) is 21.0. The van der Waals surface area contributed by atoms with E-state index < -0.39 is 0 Å². The van der Waals surface area contributed by atoms with E-state index in [9.17, 15) is 4.39 Å². The summed E-state index contributed by atoms with van der Waals surface area (Å²) in [5.74, 6) is 0.785. The first-order valence-corrected chi connectivity index (χ1v) is 9.94. The number of pyridine rings is 2. The van der Waals surface area contributed by atoms with Gasteiger partial charge in [-0.3, -0.25) is 0 Å². The summed E-state index contributed by atoms with van der Waals surface area (Å²) >= 11 is 6.15. The zero-order valence-electron chi connectivity index (χ0n) is 16.1. The first-order chi connectivity index (χ1) is 14.1. The molecule has 1 aliphatic heterocycles. The highest BCUT2D eigenvalue weighted by molar-refractivity contribution is 6.33. The van der Waals surface area contributed by atoms with Crippen LogP contribution in [0.25, 0.3) is 11.3 Å². The maximum Gasteiger partial charge on any atom is 0.126 e.